The van der Waals surface area contributed by atoms with Gasteiger partial charge in [-0.05, 0) is 24.3 Å². The number of carbonyl (C=O) groups excluding carboxylic acids is 1. The van der Waals surface area contributed by atoms with Crippen LogP contribution in [0.2, 0.25) is 0 Å². The van der Waals surface area contributed by atoms with E-state index >= 15 is 0 Å². The van der Waals surface area contributed by atoms with Crippen molar-refractivity contribution in [1.29, 1.82) is 0 Å². The van der Waals surface area contributed by atoms with Crippen molar-refractivity contribution in [3.8, 4) is 0 Å². The summed E-state index contributed by atoms with van der Waals surface area (Å²) in [6, 6.07) is 9.69. The van der Waals surface area contributed by atoms with Crippen LogP contribution in [0.15, 0.2) is 30.3 Å². The molecule has 2 atom stereocenters. The Morgan fingerprint density at radius 2 is 1.96 bits per heavy atom. The van der Waals surface area contributed by atoms with Gasteiger partial charge >= 0.3 is 0 Å². The summed E-state index contributed by atoms with van der Waals surface area (Å²) < 4.78 is 5.41. The zero-order chi connectivity index (χ0) is 16.8. The Balaban J connectivity index is 1.49. The lowest BCUT2D eigenvalue weighted by Crippen LogP contribution is -2.46. The number of nitrogens with zero attached hydrogens (tertiary/aromatic N) is 2. The summed E-state index contributed by atoms with van der Waals surface area (Å²) in [5.41, 5.74) is 7.25. The minimum atomic E-state index is -0.210. The largest absolute Gasteiger partial charge is 0.379 e. The highest BCUT2D eigenvalue weighted by Crippen LogP contribution is 2.21. The number of piperidine rings is 1. The van der Waals surface area contributed by atoms with Crippen molar-refractivity contribution in [3.63, 3.8) is 0 Å². The van der Waals surface area contributed by atoms with Crippen molar-refractivity contribution in [1.82, 2.24) is 9.80 Å². The predicted molar refractivity (Wildman–Crippen MR) is 94.6 cm³/mol. The van der Waals surface area contributed by atoms with E-state index in [1.165, 1.54) is 6.42 Å². The molecule has 2 fully saturated rings. The first-order valence-electron chi connectivity index (χ1n) is 9.11. The number of rotatable bonds is 5. The molecule has 0 aliphatic carbocycles. The van der Waals surface area contributed by atoms with Gasteiger partial charge in [-0.15, -0.1) is 0 Å². The minimum absolute atomic E-state index is 0.193. The molecule has 2 unspecified atom stereocenters. The molecule has 1 aromatic rings. The molecule has 5 nitrogen and oxygen atoms in total. The fourth-order valence-electron chi connectivity index (χ4n) is 3.72. The van der Waals surface area contributed by atoms with Gasteiger partial charge in [0, 0.05) is 45.2 Å². The highest BCUT2D eigenvalue weighted by atomic mass is 16.5. The van der Waals surface area contributed by atoms with Crippen LogP contribution in [0.4, 0.5) is 0 Å². The smallest absolute Gasteiger partial charge is 0.224 e. The fourth-order valence-corrected chi connectivity index (χ4v) is 3.72. The van der Waals surface area contributed by atoms with Crippen LogP contribution < -0.4 is 5.73 Å². The number of amides is 1. The first kappa shape index (κ1) is 17.4. The maximum absolute atomic E-state index is 12.6. The van der Waals surface area contributed by atoms with E-state index in [2.05, 4.69) is 4.90 Å². The second-order valence-electron chi connectivity index (χ2n) is 6.98. The van der Waals surface area contributed by atoms with Gasteiger partial charge in [-0.2, -0.15) is 0 Å². The Labute approximate surface area is 144 Å². The molecule has 0 bridgehead atoms. The normalized spacial score (nSPS) is 23.9. The minimum Gasteiger partial charge on any atom is -0.379 e. The molecule has 2 aliphatic rings. The van der Waals surface area contributed by atoms with Gasteiger partial charge in [-0.3, -0.25) is 9.69 Å². The molecule has 2 saturated heterocycles. The molecular weight excluding hydrogens is 302 g/mol. The highest BCUT2D eigenvalue weighted by Gasteiger charge is 2.26. The van der Waals surface area contributed by atoms with Gasteiger partial charge in [0.1, 0.15) is 0 Å². The Morgan fingerprint density at radius 1 is 1.21 bits per heavy atom. The maximum Gasteiger partial charge on any atom is 0.224 e. The van der Waals surface area contributed by atoms with Gasteiger partial charge in [0.05, 0.1) is 13.2 Å². The zero-order valence-electron chi connectivity index (χ0n) is 14.4. The number of nitrogens with two attached hydrogens (primary N) is 1. The van der Waals surface area contributed by atoms with E-state index in [-0.39, 0.29) is 11.9 Å². The second kappa shape index (κ2) is 8.60. The van der Waals surface area contributed by atoms with Gasteiger partial charge in [-0.25, -0.2) is 0 Å². The van der Waals surface area contributed by atoms with E-state index in [0.717, 1.165) is 57.9 Å². The molecule has 2 heterocycles. The summed E-state index contributed by atoms with van der Waals surface area (Å²) in [6.45, 7) is 6.53. The molecule has 2 N–H and O–H groups in total. The molecule has 0 saturated carbocycles. The van der Waals surface area contributed by atoms with Crippen LogP contribution in [0.3, 0.4) is 0 Å². The molecule has 0 radical (unpaired) electrons. The van der Waals surface area contributed by atoms with Gasteiger partial charge < -0.3 is 15.4 Å². The Morgan fingerprint density at radius 3 is 2.71 bits per heavy atom. The summed E-state index contributed by atoms with van der Waals surface area (Å²) in [5, 5.41) is 0. The van der Waals surface area contributed by atoms with Crippen LogP contribution >= 0.6 is 0 Å². The van der Waals surface area contributed by atoms with E-state index in [4.69, 9.17) is 10.5 Å². The summed E-state index contributed by atoms with van der Waals surface area (Å²) in [5.74, 6) is 0.770. The van der Waals surface area contributed by atoms with Crippen LogP contribution in [0.1, 0.15) is 30.9 Å². The number of benzene rings is 1. The van der Waals surface area contributed by atoms with Gasteiger partial charge in [-0.1, -0.05) is 30.3 Å². The Hall–Kier alpha value is -1.43. The predicted octanol–water partition coefficient (Wildman–Crippen LogP) is 1.65. The van der Waals surface area contributed by atoms with E-state index in [9.17, 15) is 4.79 Å². The summed E-state index contributed by atoms with van der Waals surface area (Å²) in [6.07, 6.45) is 2.71. The third-order valence-corrected chi connectivity index (χ3v) is 5.11. The number of hydrogen-bond donors (Lipinski definition) is 1. The quantitative estimate of drug-likeness (QED) is 0.891. The third-order valence-electron chi connectivity index (χ3n) is 5.11. The lowest BCUT2D eigenvalue weighted by atomic mass is 9.96. The molecular formula is C19H29N3O2. The van der Waals surface area contributed by atoms with Crippen molar-refractivity contribution in [2.75, 3.05) is 45.9 Å². The number of carbonyl (C=O) groups is 1. The Kier molecular flexibility index (Phi) is 6.24. The molecule has 0 aromatic heterocycles. The number of likely N-dealkylation sites (tertiary alicyclic amines) is 1. The van der Waals surface area contributed by atoms with Crippen LogP contribution in [-0.2, 0) is 9.53 Å². The van der Waals surface area contributed by atoms with E-state index in [1.54, 1.807) is 0 Å². The number of morpholine rings is 1. The highest BCUT2D eigenvalue weighted by molar-refractivity contribution is 5.77. The molecule has 5 heteroatoms. The van der Waals surface area contributed by atoms with Gasteiger partial charge in [0.25, 0.3) is 0 Å². The first-order chi connectivity index (χ1) is 11.7. The van der Waals surface area contributed by atoms with Crippen LogP contribution in [-0.4, -0.2) is 61.6 Å². The van der Waals surface area contributed by atoms with Crippen molar-refractivity contribution in [3.05, 3.63) is 35.9 Å². The molecule has 0 spiro atoms. The molecule has 2 aliphatic heterocycles. The number of ether oxygens (including phenoxy) is 1. The van der Waals surface area contributed by atoms with Crippen LogP contribution in [0.5, 0.6) is 0 Å². The average molecular weight is 331 g/mol. The first-order valence-corrected chi connectivity index (χ1v) is 9.11. The van der Waals surface area contributed by atoms with Crippen LogP contribution in [0.25, 0.3) is 0 Å². The topological polar surface area (TPSA) is 58.8 Å². The van der Waals surface area contributed by atoms with E-state index in [1.807, 2.05) is 35.2 Å². The number of hydrogen-bond acceptors (Lipinski definition) is 4. The standard InChI is InChI=1S/C19H29N3O2/c20-18(17-6-2-1-3-7-17)13-19(23)22-8-4-5-16(15-22)14-21-9-11-24-12-10-21/h1-3,6-7,16,18H,4-5,8-15,20H2. The summed E-state index contributed by atoms with van der Waals surface area (Å²) in [4.78, 5) is 17.1. The van der Waals surface area contributed by atoms with E-state index < -0.39 is 0 Å². The summed E-state index contributed by atoms with van der Waals surface area (Å²) >= 11 is 0. The maximum atomic E-state index is 12.6. The molecule has 3 rings (SSSR count). The third kappa shape index (κ3) is 4.79. The van der Waals surface area contributed by atoms with Crippen molar-refractivity contribution in [2.24, 2.45) is 11.7 Å². The monoisotopic (exact) mass is 331 g/mol. The van der Waals surface area contributed by atoms with Crippen LogP contribution in [0, 0.1) is 5.92 Å². The zero-order valence-corrected chi connectivity index (χ0v) is 14.4. The molecule has 132 valence electrons. The average Bonchev–Trinajstić information content (AvgIpc) is 2.63. The molecule has 24 heavy (non-hydrogen) atoms. The van der Waals surface area contributed by atoms with Crippen molar-refractivity contribution in [2.45, 2.75) is 25.3 Å². The molecule has 1 amide bonds. The Bertz CT molecular complexity index is 517. The summed E-state index contributed by atoms with van der Waals surface area (Å²) in [7, 11) is 0. The fraction of sp³-hybridized carbons (Fsp3) is 0.632. The van der Waals surface area contributed by atoms with Crippen molar-refractivity contribution >= 4 is 5.91 Å². The SMILES string of the molecule is NC(CC(=O)N1CCCC(CN2CCOCC2)C1)c1ccccc1. The second-order valence-corrected chi connectivity index (χ2v) is 6.98. The van der Waals surface area contributed by atoms with Gasteiger partial charge in [0.15, 0.2) is 0 Å². The van der Waals surface area contributed by atoms with E-state index in [0.29, 0.717) is 12.3 Å². The lowest BCUT2D eigenvalue weighted by Gasteiger charge is -2.37. The van der Waals surface area contributed by atoms with Crippen molar-refractivity contribution < 1.29 is 9.53 Å². The van der Waals surface area contributed by atoms with Gasteiger partial charge in [0.2, 0.25) is 5.91 Å². The molecule has 1 aromatic carbocycles. The lowest BCUT2D eigenvalue weighted by molar-refractivity contribution is -0.133.